The molecule has 2 fully saturated rings. The average Bonchev–Trinajstić information content (AvgIpc) is 3.11. The SMILES string of the molecule is COc1cc(/C=C2/SC(=O)N(CC(=O)N3CCOCC3)C2=O)ccc1OCc1ccc(Cl)cc1Cl. The zero-order valence-corrected chi connectivity index (χ0v) is 21.1. The number of morpholine rings is 1. The van der Waals surface area contributed by atoms with Crippen molar-refractivity contribution < 1.29 is 28.6 Å². The molecule has 4 rings (SSSR count). The third-order valence-corrected chi connectivity index (χ3v) is 6.91. The van der Waals surface area contributed by atoms with Gasteiger partial charge < -0.3 is 19.1 Å². The van der Waals surface area contributed by atoms with E-state index in [1.54, 1.807) is 47.4 Å². The second kappa shape index (κ2) is 11.3. The maximum Gasteiger partial charge on any atom is 0.294 e. The van der Waals surface area contributed by atoms with E-state index in [4.69, 9.17) is 37.4 Å². The topological polar surface area (TPSA) is 85.4 Å². The Bertz CT molecular complexity index is 1180. The standard InChI is InChI=1S/C24H22Cl2N2O6S/c1-32-20-10-15(2-5-19(20)34-14-16-3-4-17(25)12-18(16)26)11-21-23(30)28(24(31)35-21)13-22(29)27-6-8-33-9-7-27/h2-5,10-12H,6-9,13-14H2,1H3/b21-11+. The second-order valence-electron chi connectivity index (χ2n) is 7.70. The lowest BCUT2D eigenvalue weighted by molar-refractivity contribution is -0.139. The van der Waals surface area contributed by atoms with Gasteiger partial charge in [0.05, 0.1) is 25.2 Å². The van der Waals surface area contributed by atoms with Crippen LogP contribution in [-0.2, 0) is 20.9 Å². The molecular formula is C24H22Cl2N2O6S. The maximum absolute atomic E-state index is 12.8. The molecule has 0 unspecified atom stereocenters. The minimum atomic E-state index is -0.502. The molecule has 2 heterocycles. The second-order valence-corrected chi connectivity index (χ2v) is 9.53. The molecule has 2 saturated heterocycles. The number of hydrogen-bond acceptors (Lipinski definition) is 7. The predicted octanol–water partition coefficient (Wildman–Crippen LogP) is 4.48. The van der Waals surface area contributed by atoms with Gasteiger partial charge in [0.1, 0.15) is 13.2 Å². The van der Waals surface area contributed by atoms with E-state index >= 15 is 0 Å². The number of hydrogen-bond donors (Lipinski definition) is 0. The Morgan fingerprint density at radius 3 is 2.60 bits per heavy atom. The van der Waals surface area contributed by atoms with E-state index in [1.807, 2.05) is 0 Å². The monoisotopic (exact) mass is 536 g/mol. The predicted molar refractivity (Wildman–Crippen MR) is 134 cm³/mol. The van der Waals surface area contributed by atoms with Crippen molar-refractivity contribution in [1.29, 1.82) is 0 Å². The summed E-state index contributed by atoms with van der Waals surface area (Å²) in [6.45, 7) is 1.71. The Hall–Kier alpha value is -2.72. The van der Waals surface area contributed by atoms with Gasteiger partial charge in [-0.1, -0.05) is 35.3 Å². The lowest BCUT2D eigenvalue weighted by atomic mass is 10.1. The maximum atomic E-state index is 12.8. The van der Waals surface area contributed by atoms with E-state index in [-0.39, 0.29) is 24.0 Å². The average molecular weight is 537 g/mol. The summed E-state index contributed by atoms with van der Waals surface area (Å²) in [5.74, 6) is 0.157. The third kappa shape index (κ3) is 6.10. The molecule has 0 aliphatic carbocycles. The fraction of sp³-hybridized carbons (Fsp3) is 0.292. The van der Waals surface area contributed by atoms with Gasteiger partial charge in [0.15, 0.2) is 11.5 Å². The molecule has 11 heteroatoms. The fourth-order valence-corrected chi connectivity index (χ4v) is 4.82. The first-order chi connectivity index (χ1) is 16.9. The van der Waals surface area contributed by atoms with Crippen LogP contribution in [0.25, 0.3) is 6.08 Å². The van der Waals surface area contributed by atoms with Crippen LogP contribution in [-0.4, -0.2) is 66.8 Å². The molecule has 0 saturated carbocycles. The molecule has 2 aromatic rings. The number of nitrogens with zero attached hydrogens (tertiary/aromatic N) is 2. The molecule has 2 aliphatic rings. The Labute approximate surface area is 216 Å². The van der Waals surface area contributed by atoms with E-state index in [9.17, 15) is 14.4 Å². The van der Waals surface area contributed by atoms with Gasteiger partial charge in [0.25, 0.3) is 11.1 Å². The van der Waals surface area contributed by atoms with Gasteiger partial charge >= 0.3 is 0 Å². The number of thioether (sulfide) groups is 1. The summed E-state index contributed by atoms with van der Waals surface area (Å²) in [5.41, 5.74) is 1.41. The van der Waals surface area contributed by atoms with Gasteiger partial charge in [-0.05, 0) is 47.7 Å². The Kier molecular flexibility index (Phi) is 8.22. The van der Waals surface area contributed by atoms with E-state index < -0.39 is 11.1 Å². The van der Waals surface area contributed by atoms with Crippen LogP contribution < -0.4 is 9.47 Å². The molecule has 2 aliphatic heterocycles. The van der Waals surface area contributed by atoms with Crippen molar-refractivity contribution in [3.8, 4) is 11.5 Å². The third-order valence-electron chi connectivity index (χ3n) is 5.41. The highest BCUT2D eigenvalue weighted by Crippen LogP contribution is 2.35. The van der Waals surface area contributed by atoms with Gasteiger partial charge in [0.2, 0.25) is 5.91 Å². The molecule has 3 amide bonds. The molecule has 0 spiro atoms. The molecule has 2 aromatic carbocycles. The molecule has 184 valence electrons. The van der Waals surface area contributed by atoms with E-state index in [1.165, 1.54) is 7.11 Å². The first-order valence-corrected chi connectivity index (χ1v) is 12.3. The minimum absolute atomic E-state index is 0.210. The largest absolute Gasteiger partial charge is 0.493 e. The molecular weight excluding hydrogens is 515 g/mol. The molecule has 0 aromatic heterocycles. The van der Waals surface area contributed by atoms with Crippen molar-refractivity contribution in [2.45, 2.75) is 6.61 Å². The van der Waals surface area contributed by atoms with Crippen molar-refractivity contribution in [2.24, 2.45) is 0 Å². The zero-order valence-electron chi connectivity index (χ0n) is 18.8. The summed E-state index contributed by atoms with van der Waals surface area (Å²) in [6, 6.07) is 10.3. The minimum Gasteiger partial charge on any atom is -0.493 e. The number of carbonyl (C=O) groups excluding carboxylic acids is 3. The van der Waals surface area contributed by atoms with Crippen LogP contribution in [0, 0.1) is 0 Å². The lowest BCUT2D eigenvalue weighted by Gasteiger charge is -2.28. The number of imide groups is 1. The Morgan fingerprint density at radius 1 is 1.11 bits per heavy atom. The first-order valence-electron chi connectivity index (χ1n) is 10.7. The lowest BCUT2D eigenvalue weighted by Crippen LogP contribution is -2.46. The summed E-state index contributed by atoms with van der Waals surface area (Å²) in [5, 5.41) is 0.557. The number of methoxy groups -OCH3 is 1. The van der Waals surface area contributed by atoms with Gasteiger partial charge in [-0.3, -0.25) is 19.3 Å². The zero-order chi connectivity index (χ0) is 24.9. The highest BCUT2D eigenvalue weighted by Gasteiger charge is 2.37. The van der Waals surface area contributed by atoms with Crippen LogP contribution in [0.15, 0.2) is 41.3 Å². The summed E-state index contributed by atoms with van der Waals surface area (Å²) in [7, 11) is 1.51. The van der Waals surface area contributed by atoms with E-state index in [0.29, 0.717) is 53.4 Å². The Morgan fingerprint density at radius 2 is 1.89 bits per heavy atom. The smallest absolute Gasteiger partial charge is 0.294 e. The molecule has 0 bridgehead atoms. The molecule has 35 heavy (non-hydrogen) atoms. The van der Waals surface area contributed by atoms with Crippen LogP contribution in [0.2, 0.25) is 10.0 Å². The summed E-state index contributed by atoms with van der Waals surface area (Å²) in [4.78, 5) is 40.5. The van der Waals surface area contributed by atoms with Crippen molar-refractivity contribution in [1.82, 2.24) is 9.80 Å². The van der Waals surface area contributed by atoms with Crippen molar-refractivity contribution in [3.63, 3.8) is 0 Å². The first kappa shape index (κ1) is 25.4. The number of halogens is 2. The summed E-state index contributed by atoms with van der Waals surface area (Å²) in [6.07, 6.45) is 1.59. The number of benzene rings is 2. The van der Waals surface area contributed by atoms with Gasteiger partial charge in [0, 0.05) is 28.7 Å². The summed E-state index contributed by atoms with van der Waals surface area (Å²) >= 11 is 12.9. The van der Waals surface area contributed by atoms with Crippen LogP contribution in [0.4, 0.5) is 4.79 Å². The normalized spacial score (nSPS) is 17.3. The molecule has 0 N–H and O–H groups in total. The highest BCUT2D eigenvalue weighted by molar-refractivity contribution is 8.18. The van der Waals surface area contributed by atoms with E-state index in [0.717, 1.165) is 22.2 Å². The number of carbonyl (C=O) groups is 3. The van der Waals surface area contributed by atoms with Crippen molar-refractivity contribution in [2.75, 3.05) is 40.0 Å². The quantitative estimate of drug-likeness (QED) is 0.482. The number of rotatable bonds is 7. The molecule has 0 radical (unpaired) electrons. The van der Waals surface area contributed by atoms with E-state index in [2.05, 4.69) is 0 Å². The number of amides is 3. The highest BCUT2D eigenvalue weighted by atomic mass is 35.5. The van der Waals surface area contributed by atoms with Gasteiger partial charge in [-0.15, -0.1) is 0 Å². The van der Waals surface area contributed by atoms with Gasteiger partial charge in [-0.2, -0.15) is 0 Å². The van der Waals surface area contributed by atoms with Crippen molar-refractivity contribution >= 4 is 58.1 Å². The molecule has 8 nitrogen and oxygen atoms in total. The van der Waals surface area contributed by atoms with Gasteiger partial charge in [-0.25, -0.2) is 0 Å². The summed E-state index contributed by atoms with van der Waals surface area (Å²) < 4.78 is 16.5. The number of ether oxygens (including phenoxy) is 3. The Balaban J connectivity index is 1.44. The molecule has 0 atom stereocenters. The van der Waals surface area contributed by atoms with Crippen LogP contribution >= 0.6 is 35.0 Å². The van der Waals surface area contributed by atoms with Crippen LogP contribution in [0.3, 0.4) is 0 Å². The van der Waals surface area contributed by atoms with Crippen LogP contribution in [0.5, 0.6) is 11.5 Å². The van der Waals surface area contributed by atoms with Crippen molar-refractivity contribution in [3.05, 3.63) is 62.5 Å². The van der Waals surface area contributed by atoms with Crippen LogP contribution in [0.1, 0.15) is 11.1 Å². The fourth-order valence-electron chi connectivity index (χ4n) is 3.52.